The molecule has 6 heteroatoms. The summed E-state index contributed by atoms with van der Waals surface area (Å²) in [5, 5.41) is 6.36. The van der Waals surface area contributed by atoms with E-state index in [-0.39, 0.29) is 5.56 Å². The number of rotatable bonds is 3. The maximum absolute atomic E-state index is 12.3. The third-order valence-corrected chi connectivity index (χ3v) is 3.30. The van der Waals surface area contributed by atoms with E-state index in [1.54, 1.807) is 21.6 Å². The van der Waals surface area contributed by atoms with E-state index in [1.165, 1.54) is 0 Å². The lowest BCUT2D eigenvalue weighted by molar-refractivity contribution is 0.767. The van der Waals surface area contributed by atoms with Gasteiger partial charge in [0.05, 0.1) is 17.0 Å². The second-order valence-electron chi connectivity index (χ2n) is 4.68. The zero-order chi connectivity index (χ0) is 13.4. The molecule has 2 heterocycles. The molecule has 1 fully saturated rings. The van der Waals surface area contributed by atoms with E-state index in [0.29, 0.717) is 11.6 Å². The van der Waals surface area contributed by atoms with Crippen LogP contribution in [-0.2, 0) is 7.05 Å². The molecule has 0 aliphatic heterocycles. The summed E-state index contributed by atoms with van der Waals surface area (Å²) in [6.45, 7) is 0. The molecule has 0 spiro atoms. The average molecular weight is 272 g/mol. The summed E-state index contributed by atoms with van der Waals surface area (Å²) in [6, 6.07) is 1.81. The fourth-order valence-corrected chi connectivity index (χ4v) is 2.18. The van der Waals surface area contributed by atoms with Crippen LogP contribution in [0.1, 0.15) is 24.3 Å². The Labute approximate surface area is 115 Å². The van der Waals surface area contributed by atoms with Crippen LogP contribution in [0.25, 0.3) is 5.69 Å². The third-order valence-electron chi connectivity index (χ3n) is 3.20. The molecule has 0 N–H and O–H groups in total. The van der Waals surface area contributed by atoms with Gasteiger partial charge in [-0.15, -0.1) is 0 Å². The molecule has 0 amide bonds. The van der Waals surface area contributed by atoms with Crippen LogP contribution in [0.3, 0.4) is 0 Å². The van der Waals surface area contributed by atoms with Crippen molar-refractivity contribution in [1.29, 1.82) is 0 Å². The number of thiocarbonyl (C=S) groups is 1. The van der Waals surface area contributed by atoms with Crippen molar-refractivity contribution in [1.82, 2.24) is 14.3 Å². The van der Waals surface area contributed by atoms with Crippen molar-refractivity contribution >= 4 is 23.1 Å². The Balaban J connectivity index is 2.21. The monoisotopic (exact) mass is 272 g/mol. The molecule has 1 aliphatic rings. The van der Waals surface area contributed by atoms with Gasteiger partial charge in [0.15, 0.2) is 0 Å². The Morgan fingerprint density at radius 3 is 2.84 bits per heavy atom. The van der Waals surface area contributed by atoms with Gasteiger partial charge in [-0.25, -0.2) is 0 Å². The number of hydrogen-bond acceptors (Lipinski definition) is 4. The van der Waals surface area contributed by atoms with Gasteiger partial charge in [-0.3, -0.25) is 14.0 Å². The van der Waals surface area contributed by atoms with E-state index >= 15 is 0 Å². The highest BCUT2D eigenvalue weighted by Gasteiger charge is 2.25. The van der Waals surface area contributed by atoms with Gasteiger partial charge >= 0.3 is 0 Å². The summed E-state index contributed by atoms with van der Waals surface area (Å²) in [4.78, 5) is 16.2. The fraction of sp³-hybridized carbons (Fsp3) is 0.308. The van der Waals surface area contributed by atoms with Crippen molar-refractivity contribution in [2.24, 2.45) is 12.0 Å². The largest absolute Gasteiger partial charge is 0.281 e. The third kappa shape index (κ3) is 2.28. The molecule has 19 heavy (non-hydrogen) atoms. The number of aliphatic imine (C=N–C) groups is 1. The van der Waals surface area contributed by atoms with E-state index < -0.39 is 0 Å². The maximum atomic E-state index is 12.3. The minimum atomic E-state index is -0.199. The molecular formula is C13H12N4OS. The molecular weight excluding hydrogens is 260 g/mol. The lowest BCUT2D eigenvalue weighted by Gasteiger charge is -2.07. The normalized spacial score (nSPS) is 14.2. The van der Waals surface area contributed by atoms with Crippen LogP contribution in [0.5, 0.6) is 0 Å². The summed E-state index contributed by atoms with van der Waals surface area (Å²) >= 11 is 4.60. The topological polar surface area (TPSA) is 52.2 Å². The van der Waals surface area contributed by atoms with E-state index in [0.717, 1.165) is 24.1 Å². The lowest BCUT2D eigenvalue weighted by atomic mass is 10.2. The van der Waals surface area contributed by atoms with Gasteiger partial charge in [0.1, 0.15) is 5.69 Å². The second-order valence-corrected chi connectivity index (χ2v) is 4.87. The van der Waals surface area contributed by atoms with Crippen LogP contribution in [-0.4, -0.2) is 19.5 Å². The van der Waals surface area contributed by atoms with Crippen LogP contribution in [0, 0.1) is 0 Å². The highest BCUT2D eigenvalue weighted by atomic mass is 32.1. The first-order valence-corrected chi connectivity index (χ1v) is 6.43. The van der Waals surface area contributed by atoms with Gasteiger partial charge in [0, 0.05) is 19.4 Å². The van der Waals surface area contributed by atoms with Crippen LogP contribution < -0.4 is 5.56 Å². The minimum Gasteiger partial charge on any atom is -0.279 e. The summed E-state index contributed by atoms with van der Waals surface area (Å²) in [6.07, 6.45) is 7.64. The van der Waals surface area contributed by atoms with Crippen molar-refractivity contribution < 1.29 is 0 Å². The minimum absolute atomic E-state index is 0.199. The predicted octanol–water partition coefficient (Wildman–Crippen LogP) is 2.18. The smallest absolute Gasteiger partial charge is 0.279 e. The van der Waals surface area contributed by atoms with E-state index in [1.807, 2.05) is 19.3 Å². The zero-order valence-electron chi connectivity index (χ0n) is 10.4. The molecule has 2 aromatic rings. The van der Waals surface area contributed by atoms with Crippen LogP contribution in [0.15, 0.2) is 34.4 Å². The summed E-state index contributed by atoms with van der Waals surface area (Å²) in [7, 11) is 1.81. The fourth-order valence-electron chi connectivity index (χ4n) is 2.08. The van der Waals surface area contributed by atoms with Crippen LogP contribution in [0.2, 0.25) is 0 Å². The Morgan fingerprint density at radius 1 is 1.47 bits per heavy atom. The van der Waals surface area contributed by atoms with E-state index in [4.69, 9.17) is 0 Å². The van der Waals surface area contributed by atoms with Gasteiger partial charge in [0.25, 0.3) is 5.56 Å². The number of nitrogens with zero attached hydrogens (tertiary/aromatic N) is 4. The highest BCUT2D eigenvalue weighted by molar-refractivity contribution is 7.78. The van der Waals surface area contributed by atoms with E-state index in [9.17, 15) is 4.79 Å². The van der Waals surface area contributed by atoms with Crippen molar-refractivity contribution in [2.75, 3.05) is 0 Å². The number of aryl methyl sites for hydroxylation is 1. The molecule has 2 aromatic heterocycles. The lowest BCUT2D eigenvalue weighted by Crippen LogP contribution is -2.17. The first kappa shape index (κ1) is 12.0. The van der Waals surface area contributed by atoms with Crippen LogP contribution in [0.4, 0.5) is 5.69 Å². The Morgan fingerprint density at radius 2 is 2.26 bits per heavy atom. The molecule has 0 saturated heterocycles. The Bertz CT molecular complexity index is 735. The Kier molecular flexibility index (Phi) is 2.89. The van der Waals surface area contributed by atoms with Crippen LogP contribution >= 0.6 is 12.2 Å². The number of aromatic nitrogens is 3. The van der Waals surface area contributed by atoms with Gasteiger partial charge in [-0.1, -0.05) is 0 Å². The quantitative estimate of drug-likeness (QED) is 0.635. The molecule has 0 bridgehead atoms. The second kappa shape index (κ2) is 4.57. The predicted molar refractivity (Wildman–Crippen MR) is 75.5 cm³/mol. The zero-order valence-corrected chi connectivity index (χ0v) is 11.2. The number of isothiocyanates is 1. The van der Waals surface area contributed by atoms with Crippen molar-refractivity contribution in [3.05, 3.63) is 40.6 Å². The molecule has 0 atom stereocenters. The number of pyridine rings is 1. The molecule has 0 unspecified atom stereocenters. The van der Waals surface area contributed by atoms with Gasteiger partial charge in [0.2, 0.25) is 0 Å². The molecule has 5 nitrogen and oxygen atoms in total. The standard InChI is InChI=1S/C13H12N4OS/c1-16-7-11(5-15-16)17-6-10(9-2-3-9)4-12(13(17)18)14-8-19/h4-7,9H,2-3H2,1H3. The molecule has 0 aromatic carbocycles. The molecule has 96 valence electrons. The van der Waals surface area contributed by atoms with Gasteiger partial charge < -0.3 is 0 Å². The molecule has 3 rings (SSSR count). The maximum Gasteiger partial charge on any atom is 0.281 e. The van der Waals surface area contributed by atoms with Gasteiger partial charge in [-0.2, -0.15) is 10.1 Å². The van der Waals surface area contributed by atoms with Crippen molar-refractivity contribution in [3.63, 3.8) is 0 Å². The van der Waals surface area contributed by atoms with Crippen molar-refractivity contribution in [2.45, 2.75) is 18.8 Å². The number of hydrogen-bond donors (Lipinski definition) is 0. The summed E-state index contributed by atoms with van der Waals surface area (Å²) in [5.41, 5.74) is 1.99. The molecule has 1 saturated carbocycles. The average Bonchev–Trinajstić information content (AvgIpc) is 3.15. The highest BCUT2D eigenvalue weighted by Crippen LogP contribution is 2.40. The van der Waals surface area contributed by atoms with Crippen molar-refractivity contribution in [3.8, 4) is 5.69 Å². The van der Waals surface area contributed by atoms with Gasteiger partial charge in [-0.05, 0) is 42.6 Å². The first-order valence-electron chi connectivity index (χ1n) is 6.02. The summed E-state index contributed by atoms with van der Waals surface area (Å²) in [5.74, 6) is 0.530. The summed E-state index contributed by atoms with van der Waals surface area (Å²) < 4.78 is 3.24. The van der Waals surface area contributed by atoms with E-state index in [2.05, 4.69) is 27.5 Å². The SMILES string of the molecule is Cn1cc(-n2cc(C3CC3)cc(N=C=S)c2=O)cn1. The molecule has 0 radical (unpaired) electrons. The Hall–Kier alpha value is -2.04. The molecule has 1 aliphatic carbocycles. The first-order chi connectivity index (χ1) is 9.19.